The maximum Gasteiger partial charge on any atom is 0.154 e. The lowest BCUT2D eigenvalue weighted by Gasteiger charge is -2.09. The number of hydrogen-bond acceptors (Lipinski definition) is 3. The maximum atomic E-state index is 12.2. The Hall–Kier alpha value is -2.72. The quantitative estimate of drug-likeness (QED) is 0.735. The molecule has 23 heavy (non-hydrogen) atoms. The number of imidazole rings is 1. The number of rotatable bonds is 6. The number of nitrogens with zero attached hydrogens (tertiary/aromatic N) is 1. The standard InChI is InChI=1S/C19H19N3O/c20-18(11-17-12-21-13-22-17)19(23)10-14-6-8-16(9-7-14)15-4-2-1-3-5-15/h1-9,12-13,18H,10-11,20H2,(H,21,22)/t18-/m0/s1. The van der Waals surface area contributed by atoms with Crippen LogP contribution in [0.2, 0.25) is 0 Å². The molecule has 1 heterocycles. The number of Topliss-reactive ketones (excluding diaryl/α,β-unsaturated/α-hetero) is 1. The fourth-order valence-corrected chi connectivity index (χ4v) is 2.52. The van der Waals surface area contributed by atoms with E-state index < -0.39 is 6.04 Å². The number of hydrogen-bond donors (Lipinski definition) is 2. The molecule has 0 saturated heterocycles. The van der Waals surface area contributed by atoms with Gasteiger partial charge in [-0.1, -0.05) is 54.6 Å². The Balaban J connectivity index is 1.62. The van der Waals surface area contributed by atoms with Crippen molar-refractivity contribution in [1.82, 2.24) is 9.97 Å². The maximum absolute atomic E-state index is 12.2. The van der Waals surface area contributed by atoms with Gasteiger partial charge in [0.1, 0.15) is 0 Å². The number of nitrogens with two attached hydrogens (primary N) is 1. The summed E-state index contributed by atoms with van der Waals surface area (Å²) in [5.74, 6) is 0.0282. The molecule has 0 aliphatic carbocycles. The van der Waals surface area contributed by atoms with Crippen LogP contribution in [-0.2, 0) is 17.6 Å². The lowest BCUT2D eigenvalue weighted by atomic mass is 9.98. The minimum atomic E-state index is -0.521. The van der Waals surface area contributed by atoms with E-state index in [9.17, 15) is 4.79 Å². The molecule has 3 N–H and O–H groups in total. The zero-order chi connectivity index (χ0) is 16.1. The second-order valence-electron chi connectivity index (χ2n) is 5.58. The van der Waals surface area contributed by atoms with Gasteiger partial charge in [-0.15, -0.1) is 0 Å². The molecule has 2 aromatic carbocycles. The number of nitrogens with one attached hydrogen (secondary N) is 1. The van der Waals surface area contributed by atoms with Crippen molar-refractivity contribution in [2.75, 3.05) is 0 Å². The first-order chi connectivity index (χ1) is 11.2. The smallest absolute Gasteiger partial charge is 0.154 e. The number of carbonyl (C=O) groups excluding carboxylic acids is 1. The lowest BCUT2D eigenvalue weighted by Crippen LogP contribution is -2.34. The third-order valence-electron chi connectivity index (χ3n) is 3.84. The van der Waals surface area contributed by atoms with Crippen molar-refractivity contribution in [1.29, 1.82) is 0 Å². The van der Waals surface area contributed by atoms with Crippen LogP contribution in [0.1, 0.15) is 11.3 Å². The molecule has 0 bridgehead atoms. The van der Waals surface area contributed by atoms with Gasteiger partial charge in [0.25, 0.3) is 0 Å². The van der Waals surface area contributed by atoms with Crippen molar-refractivity contribution in [2.24, 2.45) is 5.73 Å². The molecule has 0 radical (unpaired) electrons. The van der Waals surface area contributed by atoms with Crippen molar-refractivity contribution < 1.29 is 4.79 Å². The first kappa shape index (κ1) is 15.2. The van der Waals surface area contributed by atoms with Crippen molar-refractivity contribution in [2.45, 2.75) is 18.9 Å². The molecule has 1 aromatic heterocycles. The van der Waals surface area contributed by atoms with Crippen LogP contribution >= 0.6 is 0 Å². The van der Waals surface area contributed by atoms with E-state index in [4.69, 9.17) is 5.73 Å². The summed E-state index contributed by atoms with van der Waals surface area (Å²) in [4.78, 5) is 19.2. The van der Waals surface area contributed by atoms with E-state index in [2.05, 4.69) is 22.1 Å². The molecule has 0 fully saturated rings. The van der Waals surface area contributed by atoms with Crippen molar-refractivity contribution in [3.63, 3.8) is 0 Å². The summed E-state index contributed by atoms with van der Waals surface area (Å²) < 4.78 is 0. The minimum Gasteiger partial charge on any atom is -0.351 e. The first-order valence-electron chi connectivity index (χ1n) is 7.62. The molecule has 4 heteroatoms. The summed E-state index contributed by atoms with van der Waals surface area (Å²) in [6.07, 6.45) is 4.17. The summed E-state index contributed by atoms with van der Waals surface area (Å²) in [5.41, 5.74) is 10.1. The molecule has 4 nitrogen and oxygen atoms in total. The summed E-state index contributed by atoms with van der Waals surface area (Å²) in [7, 11) is 0. The Labute approximate surface area is 135 Å². The zero-order valence-electron chi connectivity index (χ0n) is 12.8. The number of ketones is 1. The molecule has 0 saturated carbocycles. The van der Waals surface area contributed by atoms with Gasteiger partial charge in [0.2, 0.25) is 0 Å². The lowest BCUT2D eigenvalue weighted by molar-refractivity contribution is -0.119. The van der Waals surface area contributed by atoms with Crippen LogP contribution in [-0.4, -0.2) is 21.8 Å². The average molecular weight is 305 g/mol. The van der Waals surface area contributed by atoms with Gasteiger partial charge in [-0.25, -0.2) is 4.98 Å². The second-order valence-corrected chi connectivity index (χ2v) is 5.58. The zero-order valence-corrected chi connectivity index (χ0v) is 12.8. The van der Waals surface area contributed by atoms with Gasteiger partial charge in [-0.3, -0.25) is 4.79 Å². The highest BCUT2D eigenvalue weighted by molar-refractivity contribution is 5.86. The SMILES string of the molecule is N[C@@H](Cc1c[nH]cn1)C(=O)Cc1ccc(-c2ccccc2)cc1. The Morgan fingerprint density at radius 2 is 1.74 bits per heavy atom. The Bertz CT molecular complexity index is 749. The molecule has 0 unspecified atom stereocenters. The second kappa shape index (κ2) is 7.03. The minimum absolute atomic E-state index is 0.0282. The fraction of sp³-hybridized carbons (Fsp3) is 0.158. The number of aromatic nitrogens is 2. The molecule has 3 aromatic rings. The first-order valence-corrected chi connectivity index (χ1v) is 7.62. The average Bonchev–Trinajstić information content (AvgIpc) is 3.09. The van der Waals surface area contributed by atoms with Crippen LogP contribution in [0.3, 0.4) is 0 Å². The fourth-order valence-electron chi connectivity index (χ4n) is 2.52. The molecular formula is C19H19N3O. The van der Waals surface area contributed by atoms with Gasteiger partial charge in [0, 0.05) is 19.0 Å². The predicted octanol–water partition coefficient (Wildman–Crippen LogP) is 2.76. The number of benzene rings is 2. The summed E-state index contributed by atoms with van der Waals surface area (Å²) in [6.45, 7) is 0. The third-order valence-corrected chi connectivity index (χ3v) is 3.84. The Kier molecular flexibility index (Phi) is 4.64. The number of carbonyl (C=O) groups is 1. The van der Waals surface area contributed by atoms with Crippen LogP contribution < -0.4 is 5.73 Å². The van der Waals surface area contributed by atoms with Gasteiger partial charge in [0.05, 0.1) is 18.1 Å². The molecule has 0 spiro atoms. The van der Waals surface area contributed by atoms with Crippen molar-refractivity contribution in [3.05, 3.63) is 78.4 Å². The van der Waals surface area contributed by atoms with Crippen LogP contribution in [0.5, 0.6) is 0 Å². The largest absolute Gasteiger partial charge is 0.351 e. The Morgan fingerprint density at radius 3 is 2.39 bits per heavy atom. The predicted molar refractivity (Wildman–Crippen MR) is 90.9 cm³/mol. The molecule has 116 valence electrons. The normalized spacial score (nSPS) is 12.0. The highest BCUT2D eigenvalue weighted by Gasteiger charge is 2.15. The molecule has 1 atom stereocenters. The van der Waals surface area contributed by atoms with Gasteiger partial charge in [0.15, 0.2) is 5.78 Å². The van der Waals surface area contributed by atoms with Gasteiger partial charge < -0.3 is 10.7 Å². The van der Waals surface area contributed by atoms with E-state index in [-0.39, 0.29) is 5.78 Å². The van der Waals surface area contributed by atoms with E-state index >= 15 is 0 Å². The van der Waals surface area contributed by atoms with Crippen LogP contribution in [0.4, 0.5) is 0 Å². The topological polar surface area (TPSA) is 71.8 Å². The van der Waals surface area contributed by atoms with Crippen LogP contribution in [0.15, 0.2) is 67.1 Å². The van der Waals surface area contributed by atoms with Crippen molar-refractivity contribution >= 4 is 5.78 Å². The molecule has 0 aliphatic rings. The van der Waals surface area contributed by atoms with Gasteiger partial charge in [-0.2, -0.15) is 0 Å². The highest BCUT2D eigenvalue weighted by Crippen LogP contribution is 2.19. The molecular weight excluding hydrogens is 286 g/mol. The molecule has 0 amide bonds. The van der Waals surface area contributed by atoms with E-state index in [1.807, 2.05) is 42.5 Å². The third kappa shape index (κ3) is 3.93. The van der Waals surface area contributed by atoms with Gasteiger partial charge in [-0.05, 0) is 16.7 Å². The van der Waals surface area contributed by atoms with Crippen LogP contribution in [0, 0.1) is 0 Å². The molecule has 0 aliphatic heterocycles. The molecule has 3 rings (SSSR count). The summed E-state index contributed by atoms with van der Waals surface area (Å²) in [6, 6.07) is 17.7. The van der Waals surface area contributed by atoms with Gasteiger partial charge >= 0.3 is 0 Å². The van der Waals surface area contributed by atoms with Crippen molar-refractivity contribution in [3.8, 4) is 11.1 Å². The van der Waals surface area contributed by atoms with E-state index in [1.165, 1.54) is 5.56 Å². The summed E-state index contributed by atoms with van der Waals surface area (Å²) >= 11 is 0. The number of H-pyrrole nitrogens is 1. The van der Waals surface area contributed by atoms with E-state index in [1.54, 1.807) is 12.5 Å². The highest BCUT2D eigenvalue weighted by atomic mass is 16.1. The monoisotopic (exact) mass is 305 g/mol. The Morgan fingerprint density at radius 1 is 1.04 bits per heavy atom. The van der Waals surface area contributed by atoms with E-state index in [0.717, 1.165) is 16.8 Å². The van der Waals surface area contributed by atoms with Crippen LogP contribution in [0.25, 0.3) is 11.1 Å². The van der Waals surface area contributed by atoms with E-state index in [0.29, 0.717) is 12.8 Å². The number of aromatic amines is 1. The summed E-state index contributed by atoms with van der Waals surface area (Å²) in [5, 5.41) is 0.